The molecule has 246 valence electrons. The van der Waals surface area contributed by atoms with Gasteiger partial charge in [0.15, 0.2) is 17.5 Å². The van der Waals surface area contributed by atoms with E-state index in [-0.39, 0.29) is 0 Å². The third-order valence-electron chi connectivity index (χ3n) is 10.0. The second kappa shape index (κ2) is 12.5. The first kappa shape index (κ1) is 30.0. The zero-order valence-corrected chi connectivity index (χ0v) is 28.4. The van der Waals surface area contributed by atoms with Crippen molar-refractivity contribution in [2.45, 2.75) is 12.8 Å². The summed E-state index contributed by atoms with van der Waals surface area (Å²) in [5, 5.41) is 2.50. The van der Waals surface area contributed by atoms with Crippen molar-refractivity contribution in [3.05, 3.63) is 181 Å². The predicted molar refractivity (Wildman–Crippen MR) is 213 cm³/mol. The smallest absolute Gasteiger partial charge is 0.164 e. The molecule has 0 spiro atoms. The molecule has 0 unspecified atom stereocenters. The molecule has 0 amide bonds. The number of aromatic nitrogens is 5. The number of fused-ring (bicyclic) bond motifs is 4. The average Bonchev–Trinajstić information content (AvgIpc) is 3.80. The molecular weight excluding hydrogens is 635 g/mol. The highest BCUT2D eigenvalue weighted by Crippen LogP contribution is 2.45. The lowest BCUT2D eigenvalue weighted by Crippen LogP contribution is -2.02. The van der Waals surface area contributed by atoms with E-state index in [9.17, 15) is 0 Å². The van der Waals surface area contributed by atoms with E-state index < -0.39 is 0 Å². The molecule has 0 aliphatic heterocycles. The molecule has 9 aromatic rings. The molecule has 3 aromatic heterocycles. The van der Waals surface area contributed by atoms with E-state index >= 15 is 0 Å². The molecule has 1 aliphatic carbocycles. The zero-order chi connectivity index (χ0) is 34.4. The van der Waals surface area contributed by atoms with Gasteiger partial charge in [0.25, 0.3) is 0 Å². The topological polar surface area (TPSA) is 48.5 Å². The Kier molecular flexibility index (Phi) is 7.21. The number of nitrogens with zero attached hydrogens (tertiary/aromatic N) is 5. The summed E-state index contributed by atoms with van der Waals surface area (Å²) in [6.07, 6.45) is 8.85. The zero-order valence-electron chi connectivity index (χ0n) is 28.4. The molecule has 3 heterocycles. The van der Waals surface area contributed by atoms with Crippen LogP contribution in [0.1, 0.15) is 17.7 Å². The van der Waals surface area contributed by atoms with Crippen LogP contribution in [0.4, 0.5) is 0 Å². The molecular formula is C47H33N5. The van der Waals surface area contributed by atoms with Crippen molar-refractivity contribution in [2.75, 3.05) is 0 Å². The van der Waals surface area contributed by atoms with Crippen molar-refractivity contribution in [1.29, 1.82) is 0 Å². The maximum Gasteiger partial charge on any atom is 0.164 e. The normalized spacial score (nSPS) is 12.4. The van der Waals surface area contributed by atoms with Gasteiger partial charge in [0.1, 0.15) is 0 Å². The number of benzene rings is 6. The highest BCUT2D eigenvalue weighted by atomic mass is 15.0. The van der Waals surface area contributed by atoms with Crippen LogP contribution in [0.3, 0.4) is 0 Å². The van der Waals surface area contributed by atoms with Gasteiger partial charge in [-0.3, -0.25) is 0 Å². The first-order valence-corrected chi connectivity index (χ1v) is 17.8. The highest BCUT2D eigenvalue weighted by molar-refractivity contribution is 6.14. The fourth-order valence-corrected chi connectivity index (χ4v) is 7.69. The quantitative estimate of drug-likeness (QED) is 0.177. The van der Waals surface area contributed by atoms with Crippen molar-refractivity contribution in [1.82, 2.24) is 24.1 Å². The molecule has 10 rings (SSSR count). The molecule has 0 fully saturated rings. The average molecular weight is 668 g/mol. The van der Waals surface area contributed by atoms with Crippen LogP contribution in [-0.4, -0.2) is 24.1 Å². The Labute approximate surface area is 301 Å². The lowest BCUT2D eigenvalue weighted by atomic mass is 9.95. The van der Waals surface area contributed by atoms with E-state index in [0.717, 1.165) is 52.0 Å². The van der Waals surface area contributed by atoms with Crippen LogP contribution >= 0.6 is 0 Å². The number of hydrogen-bond acceptors (Lipinski definition) is 3. The Hall–Kier alpha value is -6.85. The number of aryl methyl sites for hydroxylation is 1. The summed E-state index contributed by atoms with van der Waals surface area (Å²) in [7, 11) is 0. The highest BCUT2D eigenvalue weighted by Gasteiger charge is 2.25. The van der Waals surface area contributed by atoms with Crippen LogP contribution in [0.25, 0.3) is 84.5 Å². The monoisotopic (exact) mass is 667 g/mol. The molecule has 0 saturated carbocycles. The fourth-order valence-electron chi connectivity index (χ4n) is 7.69. The first-order chi connectivity index (χ1) is 25.8. The Balaban J connectivity index is 1.28. The van der Waals surface area contributed by atoms with Gasteiger partial charge in [-0.15, -0.1) is 0 Å². The number of para-hydroxylation sites is 2. The second-order valence-electron chi connectivity index (χ2n) is 13.2. The molecule has 0 bridgehead atoms. The summed E-state index contributed by atoms with van der Waals surface area (Å²) in [5.74, 6) is 1.93. The molecule has 0 saturated heterocycles. The van der Waals surface area contributed by atoms with Crippen LogP contribution in [0.2, 0.25) is 0 Å². The van der Waals surface area contributed by atoms with Gasteiger partial charge in [-0.25, -0.2) is 15.0 Å². The van der Waals surface area contributed by atoms with Gasteiger partial charge in [0.05, 0.1) is 11.0 Å². The number of hydrogen-bond donors (Lipinski definition) is 0. The Morgan fingerprint density at radius 1 is 0.481 bits per heavy atom. The first-order valence-electron chi connectivity index (χ1n) is 17.8. The van der Waals surface area contributed by atoms with Crippen molar-refractivity contribution < 1.29 is 0 Å². The van der Waals surface area contributed by atoms with Crippen LogP contribution in [-0.2, 0) is 6.42 Å². The minimum atomic E-state index is 0.636. The molecule has 6 aromatic carbocycles. The van der Waals surface area contributed by atoms with Gasteiger partial charge < -0.3 is 9.13 Å². The van der Waals surface area contributed by atoms with Gasteiger partial charge in [-0.2, -0.15) is 0 Å². The predicted octanol–water partition coefficient (Wildman–Crippen LogP) is 11.4. The summed E-state index contributed by atoms with van der Waals surface area (Å²) in [4.78, 5) is 15.1. The summed E-state index contributed by atoms with van der Waals surface area (Å²) in [6.45, 7) is 0. The van der Waals surface area contributed by atoms with Gasteiger partial charge in [-0.05, 0) is 72.5 Å². The summed E-state index contributed by atoms with van der Waals surface area (Å²) in [5.41, 5.74) is 12.4. The van der Waals surface area contributed by atoms with Gasteiger partial charge in [0, 0.05) is 56.3 Å². The van der Waals surface area contributed by atoms with Crippen LogP contribution < -0.4 is 0 Å². The molecule has 1 aliphatic rings. The van der Waals surface area contributed by atoms with Gasteiger partial charge >= 0.3 is 0 Å². The molecule has 0 radical (unpaired) electrons. The van der Waals surface area contributed by atoms with Crippen LogP contribution in [0.5, 0.6) is 0 Å². The van der Waals surface area contributed by atoms with E-state index in [2.05, 4.69) is 125 Å². The maximum atomic E-state index is 5.09. The van der Waals surface area contributed by atoms with E-state index in [1.165, 1.54) is 33.1 Å². The lowest BCUT2D eigenvalue weighted by molar-refractivity contribution is 0.968. The third-order valence-corrected chi connectivity index (χ3v) is 10.0. The number of rotatable bonds is 6. The standard InChI is InChI=1S/C47H33N5/c1-5-16-32(17-6-1)45-48-46(33-18-7-2-8-19-33)50-47(49-45)36-21-15-20-34(30-36)42-43-35(28-29-51(43)37-22-9-3-10-23-37)31-40-39-26-13-14-27-41(39)52(44(40)42)38-24-11-4-12-25-38/h1-12,14-25,27-31H,13,26H2. The van der Waals surface area contributed by atoms with Crippen LogP contribution in [0, 0.1) is 0 Å². The Morgan fingerprint density at radius 3 is 1.69 bits per heavy atom. The molecule has 5 nitrogen and oxygen atoms in total. The number of allylic oxidation sites excluding steroid dienone is 1. The molecule has 5 heteroatoms. The van der Waals surface area contributed by atoms with Crippen molar-refractivity contribution in [3.63, 3.8) is 0 Å². The molecule has 0 N–H and O–H groups in total. The Bertz CT molecular complexity index is 2700. The van der Waals surface area contributed by atoms with Crippen LogP contribution in [0.15, 0.2) is 170 Å². The minimum Gasteiger partial charge on any atom is -0.316 e. The summed E-state index contributed by atoms with van der Waals surface area (Å²) in [6, 6.07) is 55.1. The Morgan fingerprint density at radius 2 is 1.04 bits per heavy atom. The van der Waals surface area contributed by atoms with E-state index in [0.29, 0.717) is 17.5 Å². The lowest BCUT2D eigenvalue weighted by Gasteiger charge is -2.17. The van der Waals surface area contributed by atoms with Crippen molar-refractivity contribution in [3.8, 4) is 56.7 Å². The van der Waals surface area contributed by atoms with E-state index in [1.807, 2.05) is 60.7 Å². The summed E-state index contributed by atoms with van der Waals surface area (Å²) < 4.78 is 4.80. The van der Waals surface area contributed by atoms with Gasteiger partial charge in [-0.1, -0.05) is 121 Å². The summed E-state index contributed by atoms with van der Waals surface area (Å²) >= 11 is 0. The maximum absolute atomic E-state index is 5.09. The van der Waals surface area contributed by atoms with Gasteiger partial charge in [0.2, 0.25) is 0 Å². The van der Waals surface area contributed by atoms with E-state index in [1.54, 1.807) is 0 Å². The van der Waals surface area contributed by atoms with E-state index in [4.69, 9.17) is 15.0 Å². The molecule has 52 heavy (non-hydrogen) atoms. The third kappa shape index (κ3) is 5.05. The van der Waals surface area contributed by atoms with Crippen molar-refractivity contribution >= 4 is 27.9 Å². The molecule has 0 atom stereocenters. The SMILES string of the molecule is C1=Cc2c(c3cc4ccn(-c5ccccc5)c4c(-c4cccc(-c5nc(-c6ccccc6)nc(-c6ccccc6)n5)c4)c3n2-c2ccccc2)CC1. The fraction of sp³-hybridized carbons (Fsp3) is 0.0426. The minimum absolute atomic E-state index is 0.636. The van der Waals surface area contributed by atoms with Crippen molar-refractivity contribution in [2.24, 2.45) is 0 Å². The largest absolute Gasteiger partial charge is 0.316 e. The second-order valence-corrected chi connectivity index (χ2v) is 13.2.